The van der Waals surface area contributed by atoms with Crippen molar-refractivity contribution >= 4 is 5.69 Å². The Morgan fingerprint density at radius 2 is 1.80 bits per heavy atom. The molecule has 0 radical (unpaired) electrons. The van der Waals surface area contributed by atoms with Crippen molar-refractivity contribution in [2.24, 2.45) is 0 Å². The molecule has 6 heteroatoms. The number of nitrogens with two attached hydrogens (primary N) is 1. The van der Waals surface area contributed by atoms with Crippen molar-refractivity contribution in [2.75, 3.05) is 12.8 Å². The normalized spacial score (nSPS) is 11.2. The van der Waals surface area contributed by atoms with Gasteiger partial charge in [-0.15, -0.1) is 13.2 Å². The topological polar surface area (TPSA) is 44.5 Å². The maximum absolute atomic E-state index is 12.4. The number of anilines is 1. The second kappa shape index (κ2) is 5.32. The summed E-state index contributed by atoms with van der Waals surface area (Å²) in [6.45, 7) is 0. The molecule has 0 spiro atoms. The molecular weight excluding hydrogens is 271 g/mol. The molecular formula is C14H12F3NO2. The van der Waals surface area contributed by atoms with E-state index in [-0.39, 0.29) is 11.3 Å². The third-order valence-corrected chi connectivity index (χ3v) is 2.61. The van der Waals surface area contributed by atoms with E-state index in [9.17, 15) is 13.2 Å². The first kappa shape index (κ1) is 14.0. The molecule has 2 rings (SSSR count). The molecule has 0 fully saturated rings. The van der Waals surface area contributed by atoms with Gasteiger partial charge in [-0.25, -0.2) is 0 Å². The van der Waals surface area contributed by atoms with Crippen LogP contribution in [-0.4, -0.2) is 13.5 Å². The van der Waals surface area contributed by atoms with Gasteiger partial charge in [0, 0.05) is 11.3 Å². The van der Waals surface area contributed by atoms with Crippen LogP contribution < -0.4 is 15.2 Å². The van der Waals surface area contributed by atoms with E-state index < -0.39 is 6.36 Å². The van der Waals surface area contributed by atoms with E-state index in [0.29, 0.717) is 17.0 Å². The molecule has 0 aliphatic rings. The molecule has 0 saturated heterocycles. The third kappa shape index (κ3) is 3.34. The van der Waals surface area contributed by atoms with E-state index in [4.69, 9.17) is 10.5 Å². The Labute approximate surface area is 113 Å². The highest BCUT2D eigenvalue weighted by Gasteiger charge is 2.32. The number of ether oxygens (including phenoxy) is 2. The monoisotopic (exact) mass is 283 g/mol. The summed E-state index contributed by atoms with van der Waals surface area (Å²) < 4.78 is 46.3. The summed E-state index contributed by atoms with van der Waals surface area (Å²) in [6, 6.07) is 10.6. The minimum Gasteiger partial charge on any atom is -0.497 e. The van der Waals surface area contributed by atoms with Crippen molar-refractivity contribution in [3.8, 4) is 22.6 Å². The van der Waals surface area contributed by atoms with E-state index in [1.165, 1.54) is 25.3 Å². The van der Waals surface area contributed by atoms with Gasteiger partial charge in [-0.1, -0.05) is 12.1 Å². The Bertz CT molecular complexity index is 612. The number of hydrogen-bond donors (Lipinski definition) is 1. The highest BCUT2D eigenvalue weighted by atomic mass is 19.4. The molecule has 2 aromatic carbocycles. The molecule has 0 aromatic heterocycles. The zero-order chi connectivity index (χ0) is 14.8. The molecule has 3 nitrogen and oxygen atoms in total. The number of methoxy groups -OCH3 is 1. The molecule has 0 aliphatic heterocycles. The van der Waals surface area contributed by atoms with Gasteiger partial charge in [-0.2, -0.15) is 0 Å². The van der Waals surface area contributed by atoms with Gasteiger partial charge in [0.25, 0.3) is 0 Å². The van der Waals surface area contributed by atoms with Crippen molar-refractivity contribution in [3.05, 3.63) is 42.5 Å². The highest BCUT2D eigenvalue weighted by molar-refractivity contribution is 5.74. The smallest absolute Gasteiger partial charge is 0.497 e. The average molecular weight is 283 g/mol. The number of rotatable bonds is 3. The first-order chi connectivity index (χ1) is 9.39. The molecule has 106 valence electrons. The number of benzene rings is 2. The lowest BCUT2D eigenvalue weighted by atomic mass is 10.0. The fraction of sp³-hybridized carbons (Fsp3) is 0.143. The van der Waals surface area contributed by atoms with Gasteiger partial charge < -0.3 is 15.2 Å². The lowest BCUT2D eigenvalue weighted by molar-refractivity contribution is -0.274. The standard InChI is InChI=1S/C14H12F3NO2/c1-19-11-4-2-3-9(7-11)12-8-10(18)5-6-13(12)20-14(15,16)17/h2-8H,18H2,1H3. The van der Waals surface area contributed by atoms with Gasteiger partial charge in [0.2, 0.25) is 0 Å². The third-order valence-electron chi connectivity index (χ3n) is 2.61. The van der Waals surface area contributed by atoms with Gasteiger partial charge in [-0.05, 0) is 35.9 Å². The largest absolute Gasteiger partial charge is 0.573 e. The molecule has 0 amide bonds. The van der Waals surface area contributed by atoms with Gasteiger partial charge in [-0.3, -0.25) is 0 Å². The number of alkyl halides is 3. The Balaban J connectivity index is 2.50. The molecule has 0 saturated carbocycles. The van der Waals surface area contributed by atoms with Crippen molar-refractivity contribution in [1.29, 1.82) is 0 Å². The Morgan fingerprint density at radius 3 is 2.45 bits per heavy atom. The minimum absolute atomic E-state index is 0.251. The van der Waals surface area contributed by atoms with Crippen LogP contribution in [0.3, 0.4) is 0 Å². The second-order valence-electron chi connectivity index (χ2n) is 4.04. The lowest BCUT2D eigenvalue weighted by Gasteiger charge is -2.14. The lowest BCUT2D eigenvalue weighted by Crippen LogP contribution is -2.17. The van der Waals surface area contributed by atoms with E-state index in [1.807, 2.05) is 0 Å². The van der Waals surface area contributed by atoms with Crippen LogP contribution in [0.4, 0.5) is 18.9 Å². The molecule has 2 aromatic rings. The van der Waals surface area contributed by atoms with Crippen molar-refractivity contribution in [3.63, 3.8) is 0 Å². The summed E-state index contributed by atoms with van der Waals surface area (Å²) in [5.41, 5.74) is 6.75. The van der Waals surface area contributed by atoms with E-state index in [0.717, 1.165) is 0 Å². The molecule has 0 heterocycles. The average Bonchev–Trinajstić information content (AvgIpc) is 2.39. The molecule has 20 heavy (non-hydrogen) atoms. The second-order valence-corrected chi connectivity index (χ2v) is 4.04. The molecule has 0 unspecified atom stereocenters. The fourth-order valence-electron chi connectivity index (χ4n) is 1.78. The van der Waals surface area contributed by atoms with Crippen LogP contribution in [0.1, 0.15) is 0 Å². The molecule has 2 N–H and O–H groups in total. The minimum atomic E-state index is -4.76. The Kier molecular flexibility index (Phi) is 3.74. The van der Waals surface area contributed by atoms with Crippen LogP contribution in [0.15, 0.2) is 42.5 Å². The quantitative estimate of drug-likeness (QED) is 0.870. The Morgan fingerprint density at radius 1 is 1.05 bits per heavy atom. The van der Waals surface area contributed by atoms with Crippen LogP contribution in [0.2, 0.25) is 0 Å². The Hall–Kier alpha value is -2.37. The number of nitrogen functional groups attached to an aromatic ring is 1. The van der Waals surface area contributed by atoms with Crippen LogP contribution in [0.25, 0.3) is 11.1 Å². The first-order valence-electron chi connectivity index (χ1n) is 5.69. The molecule has 0 aliphatic carbocycles. The van der Waals surface area contributed by atoms with Crippen LogP contribution in [-0.2, 0) is 0 Å². The summed E-state index contributed by atoms with van der Waals surface area (Å²) in [7, 11) is 1.48. The fourth-order valence-corrected chi connectivity index (χ4v) is 1.78. The summed E-state index contributed by atoms with van der Waals surface area (Å²) in [5, 5.41) is 0. The first-order valence-corrected chi connectivity index (χ1v) is 5.69. The maximum atomic E-state index is 12.4. The zero-order valence-corrected chi connectivity index (χ0v) is 10.6. The van der Waals surface area contributed by atoms with E-state index in [1.54, 1.807) is 24.3 Å². The zero-order valence-electron chi connectivity index (χ0n) is 10.6. The van der Waals surface area contributed by atoms with Gasteiger partial charge in [0.05, 0.1) is 7.11 Å². The predicted molar refractivity (Wildman–Crippen MR) is 69.5 cm³/mol. The highest BCUT2D eigenvalue weighted by Crippen LogP contribution is 2.36. The SMILES string of the molecule is COc1cccc(-c2cc(N)ccc2OC(F)(F)F)c1. The maximum Gasteiger partial charge on any atom is 0.573 e. The van der Waals surface area contributed by atoms with E-state index in [2.05, 4.69) is 4.74 Å². The molecule has 0 atom stereocenters. The number of halogens is 3. The van der Waals surface area contributed by atoms with Crippen molar-refractivity contribution in [2.45, 2.75) is 6.36 Å². The van der Waals surface area contributed by atoms with E-state index >= 15 is 0 Å². The summed E-state index contributed by atoms with van der Waals surface area (Å²) in [5.74, 6) is 0.225. The van der Waals surface area contributed by atoms with Gasteiger partial charge in [0.1, 0.15) is 11.5 Å². The van der Waals surface area contributed by atoms with Crippen LogP contribution >= 0.6 is 0 Å². The molecule has 0 bridgehead atoms. The van der Waals surface area contributed by atoms with Gasteiger partial charge >= 0.3 is 6.36 Å². The van der Waals surface area contributed by atoms with Crippen molar-refractivity contribution in [1.82, 2.24) is 0 Å². The summed E-state index contributed by atoms with van der Waals surface area (Å²) in [4.78, 5) is 0. The summed E-state index contributed by atoms with van der Waals surface area (Å²) in [6.07, 6.45) is -4.76. The van der Waals surface area contributed by atoms with Crippen LogP contribution in [0, 0.1) is 0 Å². The summed E-state index contributed by atoms with van der Waals surface area (Å²) >= 11 is 0. The van der Waals surface area contributed by atoms with Crippen molar-refractivity contribution < 1.29 is 22.6 Å². The predicted octanol–water partition coefficient (Wildman–Crippen LogP) is 3.84. The van der Waals surface area contributed by atoms with Crippen LogP contribution in [0.5, 0.6) is 11.5 Å². The van der Waals surface area contributed by atoms with Gasteiger partial charge in [0.15, 0.2) is 0 Å². The number of hydrogen-bond acceptors (Lipinski definition) is 3.